The Hall–Kier alpha value is -1.29. The van der Waals surface area contributed by atoms with E-state index in [9.17, 15) is 0 Å². The maximum atomic E-state index is 5.72. The summed E-state index contributed by atoms with van der Waals surface area (Å²) in [5, 5.41) is 3.22. The summed E-state index contributed by atoms with van der Waals surface area (Å²) < 4.78 is 10.8. The van der Waals surface area contributed by atoms with Crippen molar-refractivity contribution >= 4 is 0 Å². The fourth-order valence-corrected chi connectivity index (χ4v) is 1.65. The van der Waals surface area contributed by atoms with Crippen molar-refractivity contribution in [2.45, 2.75) is 25.0 Å². The predicted octanol–water partition coefficient (Wildman–Crippen LogP) is 1.22. The van der Waals surface area contributed by atoms with Crippen LogP contribution in [0.25, 0.3) is 0 Å². The highest BCUT2D eigenvalue weighted by Crippen LogP contribution is 2.25. The van der Waals surface area contributed by atoms with Crippen LogP contribution in [0.5, 0.6) is 11.6 Å². The molecule has 1 fully saturated rings. The molecule has 0 bridgehead atoms. The summed E-state index contributed by atoms with van der Waals surface area (Å²) >= 11 is 0. The molecule has 1 aliphatic rings. The third kappa shape index (κ3) is 2.21. The molecule has 0 unspecified atom stereocenters. The summed E-state index contributed by atoms with van der Waals surface area (Å²) in [5.74, 6) is 1.42. The second kappa shape index (κ2) is 4.49. The van der Waals surface area contributed by atoms with Crippen LogP contribution in [-0.4, -0.2) is 31.3 Å². The number of aromatic nitrogens is 1. The molecule has 1 aromatic heterocycles. The first-order valence-corrected chi connectivity index (χ1v) is 5.17. The summed E-state index contributed by atoms with van der Waals surface area (Å²) in [6.45, 7) is 0. The number of nitrogens with zero attached hydrogens (tertiary/aromatic N) is 1. The standard InChI is InChI=1S/C11H16N2O2/c1-12-9-4-5-10(9)15-11-6-3-8(14-2)7-13-11/h3,6-7,9-10,12H,4-5H2,1-2H3/t9-,10-/m0/s1. The second-order valence-corrected chi connectivity index (χ2v) is 3.67. The molecule has 0 amide bonds. The van der Waals surface area contributed by atoms with Crippen LogP contribution in [0.2, 0.25) is 0 Å². The highest BCUT2D eigenvalue weighted by molar-refractivity contribution is 5.23. The lowest BCUT2D eigenvalue weighted by molar-refractivity contribution is 0.0725. The van der Waals surface area contributed by atoms with Crippen LogP contribution in [0.3, 0.4) is 0 Å². The molecule has 0 aromatic carbocycles. The van der Waals surface area contributed by atoms with E-state index in [0.29, 0.717) is 11.9 Å². The fourth-order valence-electron chi connectivity index (χ4n) is 1.65. The molecular formula is C11H16N2O2. The van der Waals surface area contributed by atoms with Gasteiger partial charge in [-0.1, -0.05) is 0 Å². The maximum Gasteiger partial charge on any atom is 0.213 e. The molecular weight excluding hydrogens is 192 g/mol. The number of hydrogen-bond donors (Lipinski definition) is 1. The van der Waals surface area contributed by atoms with E-state index >= 15 is 0 Å². The number of ether oxygens (including phenoxy) is 2. The molecule has 2 rings (SSSR count). The van der Waals surface area contributed by atoms with Gasteiger partial charge in [-0.2, -0.15) is 0 Å². The quantitative estimate of drug-likeness (QED) is 0.808. The van der Waals surface area contributed by atoms with E-state index in [-0.39, 0.29) is 6.10 Å². The summed E-state index contributed by atoms with van der Waals surface area (Å²) in [6.07, 6.45) is 4.20. The molecule has 1 saturated carbocycles. The Morgan fingerprint density at radius 1 is 1.40 bits per heavy atom. The van der Waals surface area contributed by atoms with Gasteiger partial charge in [0.2, 0.25) is 5.88 Å². The van der Waals surface area contributed by atoms with Crippen LogP contribution >= 0.6 is 0 Å². The molecule has 1 aromatic rings. The third-order valence-electron chi connectivity index (χ3n) is 2.80. The van der Waals surface area contributed by atoms with E-state index in [0.717, 1.165) is 12.2 Å². The number of nitrogens with one attached hydrogen (secondary N) is 1. The van der Waals surface area contributed by atoms with Gasteiger partial charge in [-0.05, 0) is 26.0 Å². The number of hydrogen-bond acceptors (Lipinski definition) is 4. The molecule has 0 aliphatic heterocycles. The van der Waals surface area contributed by atoms with E-state index in [1.165, 1.54) is 6.42 Å². The smallest absolute Gasteiger partial charge is 0.213 e. The van der Waals surface area contributed by atoms with Crippen molar-refractivity contribution in [1.29, 1.82) is 0 Å². The zero-order valence-corrected chi connectivity index (χ0v) is 9.06. The topological polar surface area (TPSA) is 43.4 Å². The molecule has 4 nitrogen and oxygen atoms in total. The Bertz CT molecular complexity index is 311. The van der Waals surface area contributed by atoms with Crippen molar-refractivity contribution in [2.24, 2.45) is 0 Å². The van der Waals surface area contributed by atoms with Crippen molar-refractivity contribution in [3.05, 3.63) is 18.3 Å². The molecule has 0 spiro atoms. The zero-order chi connectivity index (χ0) is 10.7. The fraction of sp³-hybridized carbons (Fsp3) is 0.545. The Labute approximate surface area is 89.6 Å². The van der Waals surface area contributed by atoms with Crippen LogP contribution in [0.15, 0.2) is 18.3 Å². The van der Waals surface area contributed by atoms with Crippen molar-refractivity contribution < 1.29 is 9.47 Å². The minimum absolute atomic E-state index is 0.260. The lowest BCUT2D eigenvalue weighted by Crippen LogP contribution is -2.49. The van der Waals surface area contributed by atoms with E-state index in [2.05, 4.69) is 10.3 Å². The van der Waals surface area contributed by atoms with Gasteiger partial charge in [-0.25, -0.2) is 4.98 Å². The zero-order valence-electron chi connectivity index (χ0n) is 9.06. The predicted molar refractivity (Wildman–Crippen MR) is 57.3 cm³/mol. The normalized spacial score (nSPS) is 24.4. The number of likely N-dealkylation sites (N-methyl/N-ethyl adjacent to an activating group) is 1. The van der Waals surface area contributed by atoms with E-state index in [4.69, 9.17) is 9.47 Å². The molecule has 1 N–H and O–H groups in total. The Morgan fingerprint density at radius 3 is 2.73 bits per heavy atom. The summed E-state index contributed by atoms with van der Waals surface area (Å²) in [4.78, 5) is 4.17. The Kier molecular flexibility index (Phi) is 3.06. The molecule has 0 radical (unpaired) electrons. The largest absolute Gasteiger partial charge is 0.495 e. The monoisotopic (exact) mass is 208 g/mol. The van der Waals surface area contributed by atoms with E-state index in [1.54, 1.807) is 13.3 Å². The van der Waals surface area contributed by atoms with Gasteiger partial charge in [-0.15, -0.1) is 0 Å². The van der Waals surface area contributed by atoms with Crippen LogP contribution in [0, 0.1) is 0 Å². The minimum Gasteiger partial charge on any atom is -0.495 e. The first kappa shape index (κ1) is 10.2. The minimum atomic E-state index is 0.260. The number of rotatable bonds is 4. The van der Waals surface area contributed by atoms with Gasteiger partial charge in [0.25, 0.3) is 0 Å². The van der Waals surface area contributed by atoms with Crippen molar-refractivity contribution in [3.8, 4) is 11.6 Å². The van der Waals surface area contributed by atoms with Gasteiger partial charge in [0.05, 0.1) is 13.3 Å². The highest BCUT2D eigenvalue weighted by atomic mass is 16.5. The summed E-state index contributed by atoms with van der Waals surface area (Å²) in [6, 6.07) is 4.16. The average Bonchev–Trinajstić information content (AvgIpc) is 2.26. The third-order valence-corrected chi connectivity index (χ3v) is 2.80. The molecule has 82 valence electrons. The Balaban J connectivity index is 1.93. The highest BCUT2D eigenvalue weighted by Gasteiger charge is 2.31. The van der Waals surface area contributed by atoms with Crippen molar-refractivity contribution in [2.75, 3.05) is 14.2 Å². The molecule has 1 heterocycles. The second-order valence-electron chi connectivity index (χ2n) is 3.67. The molecule has 2 atom stereocenters. The van der Waals surface area contributed by atoms with Crippen molar-refractivity contribution in [1.82, 2.24) is 10.3 Å². The number of pyridine rings is 1. The van der Waals surface area contributed by atoms with Crippen molar-refractivity contribution in [3.63, 3.8) is 0 Å². The summed E-state index contributed by atoms with van der Waals surface area (Å²) in [7, 11) is 3.59. The van der Waals surface area contributed by atoms with Crippen LogP contribution in [0.1, 0.15) is 12.8 Å². The molecule has 4 heteroatoms. The Morgan fingerprint density at radius 2 is 2.27 bits per heavy atom. The lowest BCUT2D eigenvalue weighted by atomic mass is 9.89. The molecule has 15 heavy (non-hydrogen) atoms. The lowest BCUT2D eigenvalue weighted by Gasteiger charge is -2.35. The van der Waals surface area contributed by atoms with Gasteiger partial charge in [0.15, 0.2) is 0 Å². The van der Waals surface area contributed by atoms with Gasteiger partial charge < -0.3 is 14.8 Å². The van der Waals surface area contributed by atoms with E-state index in [1.807, 2.05) is 19.2 Å². The van der Waals surface area contributed by atoms with Gasteiger partial charge >= 0.3 is 0 Å². The first-order chi connectivity index (χ1) is 7.33. The van der Waals surface area contributed by atoms with Gasteiger partial charge in [-0.3, -0.25) is 0 Å². The van der Waals surface area contributed by atoms with Gasteiger partial charge in [0.1, 0.15) is 11.9 Å². The average molecular weight is 208 g/mol. The van der Waals surface area contributed by atoms with Crippen LogP contribution in [0.4, 0.5) is 0 Å². The van der Waals surface area contributed by atoms with Crippen LogP contribution in [-0.2, 0) is 0 Å². The number of methoxy groups -OCH3 is 1. The van der Waals surface area contributed by atoms with Crippen LogP contribution < -0.4 is 14.8 Å². The first-order valence-electron chi connectivity index (χ1n) is 5.17. The molecule has 0 saturated heterocycles. The summed E-state index contributed by atoms with van der Waals surface area (Å²) in [5.41, 5.74) is 0. The van der Waals surface area contributed by atoms with Gasteiger partial charge in [0, 0.05) is 12.1 Å². The SMILES string of the molecule is CN[C@H]1CC[C@@H]1Oc1ccc(OC)cn1. The van der Waals surface area contributed by atoms with E-state index < -0.39 is 0 Å². The maximum absolute atomic E-state index is 5.72. The molecule has 1 aliphatic carbocycles.